The van der Waals surface area contributed by atoms with Gasteiger partial charge in [0.1, 0.15) is 5.75 Å². The van der Waals surface area contributed by atoms with Gasteiger partial charge in [0.25, 0.3) is 11.8 Å². The zero-order valence-electron chi connectivity index (χ0n) is 19.5. The van der Waals surface area contributed by atoms with Crippen LogP contribution in [0.3, 0.4) is 0 Å². The number of nitrogens with zero attached hydrogens (tertiary/aromatic N) is 1. The van der Waals surface area contributed by atoms with Gasteiger partial charge in [0.2, 0.25) is 0 Å². The number of hydrogen-bond donors (Lipinski definition) is 1. The van der Waals surface area contributed by atoms with Crippen LogP contribution in [0, 0.1) is 6.92 Å². The molecular formula is C29H25BrN2O3. The first-order valence-electron chi connectivity index (χ1n) is 11.1. The van der Waals surface area contributed by atoms with Crippen molar-refractivity contribution in [2.24, 2.45) is 0 Å². The molecule has 0 aliphatic heterocycles. The maximum Gasteiger partial charge on any atom is 0.262 e. The van der Waals surface area contributed by atoms with Crippen molar-refractivity contribution in [3.63, 3.8) is 0 Å². The molecule has 0 aromatic heterocycles. The van der Waals surface area contributed by atoms with Gasteiger partial charge < -0.3 is 15.0 Å². The van der Waals surface area contributed by atoms with Crippen LogP contribution < -0.4 is 15.0 Å². The van der Waals surface area contributed by atoms with Gasteiger partial charge in [-0.05, 0) is 60.5 Å². The van der Waals surface area contributed by atoms with E-state index >= 15 is 0 Å². The highest BCUT2D eigenvalue weighted by Crippen LogP contribution is 2.29. The van der Waals surface area contributed by atoms with E-state index in [4.69, 9.17) is 4.74 Å². The lowest BCUT2D eigenvalue weighted by Crippen LogP contribution is -2.32. The molecule has 0 heterocycles. The molecule has 0 spiro atoms. The van der Waals surface area contributed by atoms with Gasteiger partial charge in [-0.25, -0.2) is 0 Å². The quantitative estimate of drug-likeness (QED) is 0.285. The van der Waals surface area contributed by atoms with Gasteiger partial charge >= 0.3 is 0 Å². The summed E-state index contributed by atoms with van der Waals surface area (Å²) < 4.78 is 6.40. The van der Waals surface area contributed by atoms with Crippen LogP contribution in [0.5, 0.6) is 5.75 Å². The molecule has 6 heteroatoms. The molecule has 0 fully saturated rings. The number of methoxy groups -OCH3 is 1. The van der Waals surface area contributed by atoms with Crippen molar-refractivity contribution in [1.82, 2.24) is 0 Å². The molecule has 0 saturated carbocycles. The summed E-state index contributed by atoms with van der Waals surface area (Å²) in [5, 5.41) is 2.99. The topological polar surface area (TPSA) is 58.6 Å². The molecule has 4 rings (SSSR count). The van der Waals surface area contributed by atoms with Gasteiger partial charge in [-0.1, -0.05) is 70.5 Å². The number of ether oxygens (including phenoxy) is 1. The van der Waals surface area contributed by atoms with E-state index in [0.29, 0.717) is 22.6 Å². The van der Waals surface area contributed by atoms with Gasteiger partial charge in [-0.3, -0.25) is 9.59 Å². The summed E-state index contributed by atoms with van der Waals surface area (Å²) in [6.45, 7) is 2.21. The second kappa shape index (κ2) is 11.0. The fourth-order valence-electron chi connectivity index (χ4n) is 3.81. The summed E-state index contributed by atoms with van der Waals surface area (Å²) in [5.41, 5.74) is 3.93. The van der Waals surface area contributed by atoms with Crippen molar-refractivity contribution < 1.29 is 14.3 Å². The molecule has 0 atom stereocenters. The van der Waals surface area contributed by atoms with E-state index in [1.807, 2.05) is 67.6 Å². The average Bonchev–Trinajstić information content (AvgIpc) is 2.89. The van der Waals surface area contributed by atoms with Crippen LogP contribution in [0.25, 0.3) is 0 Å². The summed E-state index contributed by atoms with van der Waals surface area (Å²) in [5.74, 6) is -0.0785. The van der Waals surface area contributed by atoms with E-state index < -0.39 is 0 Å². The fourth-order valence-corrected chi connectivity index (χ4v) is 4.07. The minimum atomic E-state index is -0.288. The van der Waals surface area contributed by atoms with Crippen LogP contribution in [0.2, 0.25) is 0 Å². The van der Waals surface area contributed by atoms with Gasteiger partial charge in [-0.15, -0.1) is 0 Å². The number of halogens is 1. The number of rotatable bonds is 7. The average molecular weight is 529 g/mol. The number of anilines is 2. The largest absolute Gasteiger partial charge is 0.496 e. The lowest BCUT2D eigenvalue weighted by atomic mass is 10.1. The van der Waals surface area contributed by atoms with Crippen LogP contribution in [0.1, 0.15) is 31.8 Å². The standard InChI is InChI=1S/C29H25BrN2O3/c1-20-9-3-6-12-25(20)31-28(33)23-10-4-7-13-26(23)32(19-21-15-17-22(30)18-16-21)29(34)24-11-5-8-14-27(24)35-2/h3-18H,19H2,1-2H3,(H,31,33). The molecule has 0 bridgehead atoms. The highest BCUT2D eigenvalue weighted by atomic mass is 79.9. The van der Waals surface area contributed by atoms with E-state index in [1.165, 1.54) is 7.11 Å². The summed E-state index contributed by atoms with van der Waals surface area (Å²) in [7, 11) is 1.54. The molecule has 35 heavy (non-hydrogen) atoms. The lowest BCUT2D eigenvalue weighted by Gasteiger charge is -2.26. The SMILES string of the molecule is COc1ccccc1C(=O)N(Cc1ccc(Br)cc1)c1ccccc1C(=O)Nc1ccccc1C. The van der Waals surface area contributed by atoms with E-state index in [0.717, 1.165) is 21.3 Å². The summed E-state index contributed by atoms with van der Waals surface area (Å²) in [6.07, 6.45) is 0. The Labute approximate surface area is 213 Å². The van der Waals surface area contributed by atoms with E-state index in [2.05, 4.69) is 21.2 Å². The fraction of sp³-hybridized carbons (Fsp3) is 0.103. The van der Waals surface area contributed by atoms with Gasteiger partial charge in [0.15, 0.2) is 0 Å². The first-order chi connectivity index (χ1) is 17.0. The van der Waals surface area contributed by atoms with Crippen LogP contribution in [0.15, 0.2) is 102 Å². The minimum Gasteiger partial charge on any atom is -0.496 e. The van der Waals surface area contributed by atoms with E-state index in [-0.39, 0.29) is 18.4 Å². The van der Waals surface area contributed by atoms with Crippen molar-refractivity contribution in [2.75, 3.05) is 17.3 Å². The number of aryl methyl sites for hydroxylation is 1. The molecule has 4 aromatic rings. The van der Waals surface area contributed by atoms with Crippen LogP contribution in [0.4, 0.5) is 11.4 Å². The Morgan fingerprint density at radius 2 is 1.46 bits per heavy atom. The summed E-state index contributed by atoms with van der Waals surface area (Å²) in [4.78, 5) is 28.9. The molecule has 5 nitrogen and oxygen atoms in total. The molecule has 176 valence electrons. The molecule has 0 aliphatic rings. The number of para-hydroxylation sites is 3. The minimum absolute atomic E-state index is 0.262. The Balaban J connectivity index is 1.77. The Hall–Kier alpha value is -3.90. The third-order valence-electron chi connectivity index (χ3n) is 5.67. The van der Waals surface area contributed by atoms with E-state index in [9.17, 15) is 9.59 Å². The molecule has 0 saturated heterocycles. The van der Waals surface area contributed by atoms with Crippen LogP contribution >= 0.6 is 15.9 Å². The van der Waals surface area contributed by atoms with Crippen molar-refractivity contribution in [1.29, 1.82) is 0 Å². The Morgan fingerprint density at radius 3 is 2.17 bits per heavy atom. The molecular weight excluding hydrogens is 504 g/mol. The molecule has 0 aliphatic carbocycles. The smallest absolute Gasteiger partial charge is 0.262 e. The molecule has 2 amide bonds. The third-order valence-corrected chi connectivity index (χ3v) is 6.20. The first kappa shape index (κ1) is 24.2. The monoisotopic (exact) mass is 528 g/mol. The zero-order valence-corrected chi connectivity index (χ0v) is 21.1. The highest BCUT2D eigenvalue weighted by molar-refractivity contribution is 9.10. The van der Waals surface area contributed by atoms with E-state index in [1.54, 1.807) is 41.3 Å². The summed E-state index contributed by atoms with van der Waals surface area (Å²) in [6, 6.07) is 29.6. The predicted molar refractivity (Wildman–Crippen MR) is 143 cm³/mol. The number of hydrogen-bond acceptors (Lipinski definition) is 3. The second-order valence-corrected chi connectivity index (χ2v) is 8.92. The first-order valence-corrected chi connectivity index (χ1v) is 11.9. The third kappa shape index (κ3) is 5.61. The molecule has 0 radical (unpaired) electrons. The summed E-state index contributed by atoms with van der Waals surface area (Å²) >= 11 is 3.46. The number of nitrogens with one attached hydrogen (secondary N) is 1. The van der Waals surface area contributed by atoms with Crippen molar-refractivity contribution in [2.45, 2.75) is 13.5 Å². The van der Waals surface area contributed by atoms with Crippen molar-refractivity contribution >= 4 is 39.1 Å². The van der Waals surface area contributed by atoms with Crippen LogP contribution in [-0.4, -0.2) is 18.9 Å². The normalized spacial score (nSPS) is 10.5. The Bertz CT molecular complexity index is 1350. The number of carbonyl (C=O) groups is 2. The van der Waals surface area contributed by atoms with Gasteiger partial charge in [0.05, 0.1) is 30.5 Å². The maximum atomic E-state index is 13.9. The maximum absolute atomic E-state index is 13.9. The predicted octanol–water partition coefficient (Wildman–Crippen LogP) is 6.87. The Kier molecular flexibility index (Phi) is 7.63. The molecule has 0 unspecified atom stereocenters. The zero-order chi connectivity index (χ0) is 24.8. The number of carbonyl (C=O) groups excluding carboxylic acids is 2. The highest BCUT2D eigenvalue weighted by Gasteiger charge is 2.25. The van der Waals surface area contributed by atoms with Gasteiger partial charge in [0, 0.05) is 10.2 Å². The number of amides is 2. The molecule has 1 N–H and O–H groups in total. The second-order valence-electron chi connectivity index (χ2n) is 8.00. The van der Waals surface area contributed by atoms with Crippen molar-refractivity contribution in [3.8, 4) is 5.75 Å². The lowest BCUT2D eigenvalue weighted by molar-refractivity contribution is 0.0982. The van der Waals surface area contributed by atoms with Crippen LogP contribution in [-0.2, 0) is 6.54 Å². The van der Waals surface area contributed by atoms with Crippen molar-refractivity contribution in [3.05, 3.63) is 124 Å². The van der Waals surface area contributed by atoms with Gasteiger partial charge in [-0.2, -0.15) is 0 Å². The number of benzene rings is 4. The molecule has 4 aromatic carbocycles. The Morgan fingerprint density at radius 1 is 0.829 bits per heavy atom.